The predicted molar refractivity (Wildman–Crippen MR) is 216 cm³/mol. The number of nitrogens with two attached hydrogens (primary N) is 1. The molecule has 1 spiro atoms. The molecule has 15 nitrogen and oxygen atoms in total. The summed E-state index contributed by atoms with van der Waals surface area (Å²) in [5.41, 5.74) is 8.15. The lowest BCUT2D eigenvalue weighted by Gasteiger charge is -2.38. The number of aromatic hydroxyl groups is 1. The van der Waals surface area contributed by atoms with E-state index in [9.17, 15) is 29.7 Å². The lowest BCUT2D eigenvalue weighted by molar-refractivity contribution is -0.160. The summed E-state index contributed by atoms with van der Waals surface area (Å²) in [5.74, 6) is -5.59. The fourth-order valence-electron chi connectivity index (χ4n) is 8.84. The Kier molecular flexibility index (Phi) is 12.1. The average Bonchev–Trinajstić information content (AvgIpc) is 3.69. The highest BCUT2D eigenvalue weighted by atomic mass is 16.7. The average molecular weight is 806 g/mol. The summed E-state index contributed by atoms with van der Waals surface area (Å²) in [6.45, 7) is 14.7. The number of carbonyl (C=O) groups excluding carboxylic acids is 3. The maximum Gasteiger partial charge on any atom is 0.302 e. The highest BCUT2D eigenvalue weighted by Crippen LogP contribution is 2.53. The first-order chi connectivity index (χ1) is 27.3. The number of amides is 1. The Morgan fingerprint density at radius 3 is 2.33 bits per heavy atom. The Labute approximate surface area is 340 Å². The third kappa shape index (κ3) is 7.58. The van der Waals surface area contributed by atoms with Crippen molar-refractivity contribution < 1.29 is 48.7 Å². The monoisotopic (exact) mass is 805 g/mol. The van der Waals surface area contributed by atoms with Crippen molar-refractivity contribution in [3.8, 4) is 11.5 Å². The lowest BCUT2D eigenvalue weighted by Crippen LogP contribution is -2.49. The van der Waals surface area contributed by atoms with Crippen molar-refractivity contribution in [3.63, 3.8) is 0 Å². The molecule has 0 saturated carbocycles. The molecule has 1 aromatic rings. The number of ether oxygens (including phenoxy) is 4. The van der Waals surface area contributed by atoms with Gasteiger partial charge in [0.15, 0.2) is 0 Å². The number of hydrogen-bond donors (Lipinski definition) is 6. The molecular weight excluding hydrogens is 746 g/mol. The first-order valence-electron chi connectivity index (χ1n) is 20.0. The number of ketones is 1. The summed E-state index contributed by atoms with van der Waals surface area (Å²) in [6.07, 6.45) is 5.59. The zero-order valence-electron chi connectivity index (χ0n) is 35.1. The molecule has 0 aromatic heterocycles. The number of esters is 1. The second kappa shape index (κ2) is 16.3. The van der Waals surface area contributed by atoms with Crippen molar-refractivity contribution in [1.82, 2.24) is 15.5 Å². The van der Waals surface area contributed by atoms with Gasteiger partial charge in [-0.25, -0.2) is 0 Å². The first kappa shape index (κ1) is 43.0. The van der Waals surface area contributed by atoms with Gasteiger partial charge < -0.3 is 55.5 Å². The van der Waals surface area contributed by atoms with Crippen LogP contribution in [0.2, 0.25) is 0 Å². The van der Waals surface area contributed by atoms with E-state index in [0.29, 0.717) is 35.4 Å². The zero-order valence-corrected chi connectivity index (χ0v) is 35.1. The van der Waals surface area contributed by atoms with Crippen LogP contribution in [0.3, 0.4) is 0 Å². The number of nitrogens with zero attached hydrogens (tertiary/aromatic N) is 2. The van der Waals surface area contributed by atoms with Crippen molar-refractivity contribution >= 4 is 23.4 Å². The Morgan fingerprint density at radius 1 is 1.02 bits per heavy atom. The maximum atomic E-state index is 14.7. The fraction of sp³-hybridized carbons (Fsp3) is 0.581. The number of fused-ring (bicyclic) bond motifs is 3. The number of rotatable bonds is 2. The van der Waals surface area contributed by atoms with Gasteiger partial charge in [-0.1, -0.05) is 45.9 Å². The van der Waals surface area contributed by atoms with Crippen LogP contribution in [0.5, 0.6) is 11.5 Å². The van der Waals surface area contributed by atoms with E-state index in [4.69, 9.17) is 29.7 Å². The van der Waals surface area contributed by atoms with Crippen LogP contribution < -0.4 is 21.1 Å². The van der Waals surface area contributed by atoms with Crippen LogP contribution in [-0.4, -0.2) is 107 Å². The zero-order chi connectivity index (χ0) is 42.6. The highest BCUT2D eigenvalue weighted by molar-refractivity contribution is 6.31. The molecule has 4 heterocycles. The molecule has 15 heteroatoms. The topological polar surface area (TPSA) is 214 Å². The van der Waals surface area contributed by atoms with Crippen LogP contribution in [0.1, 0.15) is 94.4 Å². The normalized spacial score (nSPS) is 36.1. The number of aliphatic hydroxyl groups excluding tert-OH is 2. The maximum absolute atomic E-state index is 14.7. The number of allylic oxidation sites excluding steroid dienone is 4. The molecule has 5 aliphatic rings. The number of aliphatic hydroxyl groups is 2. The molecule has 6 rings (SSSR count). The van der Waals surface area contributed by atoms with Crippen LogP contribution in [-0.2, 0) is 23.8 Å². The van der Waals surface area contributed by atoms with Gasteiger partial charge in [0, 0.05) is 92.8 Å². The van der Waals surface area contributed by atoms with Gasteiger partial charge in [-0.2, -0.15) is 0 Å². The fourth-order valence-corrected chi connectivity index (χ4v) is 8.84. The van der Waals surface area contributed by atoms with E-state index in [1.807, 2.05) is 14.0 Å². The van der Waals surface area contributed by atoms with E-state index in [-0.39, 0.29) is 33.9 Å². The second-order valence-corrected chi connectivity index (χ2v) is 16.9. The van der Waals surface area contributed by atoms with E-state index in [1.165, 1.54) is 20.3 Å². The number of likely N-dealkylation sites (tertiary alicyclic amines) is 1. The molecule has 1 unspecified atom stereocenters. The number of Topliss-reactive ketones (excluding diaryl/α,β-unsaturated/α-hetero) is 1. The molecule has 1 amide bonds. The minimum absolute atomic E-state index is 0.0465. The second-order valence-electron chi connectivity index (χ2n) is 16.9. The molecule has 4 aliphatic heterocycles. The molecule has 7 N–H and O–H groups in total. The van der Waals surface area contributed by atoms with Crippen molar-refractivity contribution in [2.45, 2.75) is 110 Å². The molecule has 0 radical (unpaired) electrons. The molecule has 58 heavy (non-hydrogen) atoms. The Bertz CT molecular complexity index is 2000. The summed E-state index contributed by atoms with van der Waals surface area (Å²) in [7, 11) is 3.53. The number of nitrogens with one attached hydrogen (secondary N) is 2. The number of hydrogen-bond acceptors (Lipinski definition) is 14. The minimum atomic E-state index is -1.55. The summed E-state index contributed by atoms with van der Waals surface area (Å²) in [6, 6.07) is -0.998. The molecule has 1 aliphatic carbocycles. The van der Waals surface area contributed by atoms with Crippen LogP contribution >= 0.6 is 0 Å². The van der Waals surface area contributed by atoms with Gasteiger partial charge in [0.25, 0.3) is 11.7 Å². The Morgan fingerprint density at radius 2 is 1.69 bits per heavy atom. The first-order valence-corrected chi connectivity index (χ1v) is 20.0. The molecule has 1 fully saturated rings. The van der Waals surface area contributed by atoms with Crippen LogP contribution in [0, 0.1) is 30.6 Å². The molecule has 5 bridgehead atoms. The number of aliphatic imine (C=N–C) groups is 1. The molecular formula is C43H59N5O10. The van der Waals surface area contributed by atoms with Crippen LogP contribution in [0.15, 0.2) is 52.5 Å². The van der Waals surface area contributed by atoms with Gasteiger partial charge in [-0.15, -0.1) is 0 Å². The summed E-state index contributed by atoms with van der Waals surface area (Å²) in [4.78, 5) is 48.3. The van der Waals surface area contributed by atoms with Gasteiger partial charge in [-0.05, 0) is 27.0 Å². The number of phenols is 1. The smallest absolute Gasteiger partial charge is 0.302 e. The van der Waals surface area contributed by atoms with Crippen LogP contribution in [0.4, 0.5) is 0 Å². The molecule has 10 atom stereocenters. The molecule has 1 saturated heterocycles. The lowest BCUT2D eigenvalue weighted by atomic mass is 9.78. The largest absolute Gasteiger partial charge is 0.507 e. The molecule has 1 aromatic carbocycles. The van der Waals surface area contributed by atoms with Crippen molar-refractivity contribution in [1.29, 1.82) is 0 Å². The highest BCUT2D eigenvalue weighted by Gasteiger charge is 2.53. The standard InChI is InChI=1S/C43H59N5O10/c1-20-12-11-13-21(2)41(54)45-33-32-31(46-43(47-32)15-17-48(9)18-16-43)28-29(37(33)53)36(52)25(6)39-30(28)40(44)42(8,58-39)56-19-14-27(55-10)22(3)38(57-26(7)49)24(5)35(51)23(4)34(20)50/h11-14,19-20,22-24,27,34-35,38,40,47,50-52H,15-18,44H2,1-10H3,(H,45,54)/b12-11+,19-14+,21-13-/t20-,22+,23+,24+,27-,34-,35+,38+,40?,42-/m0/s1. The number of carbonyl (C=O) groups is 3. The van der Waals surface area contributed by atoms with E-state index >= 15 is 0 Å². The van der Waals surface area contributed by atoms with Gasteiger partial charge in [0.05, 0.1) is 41.5 Å². The third-order valence-corrected chi connectivity index (χ3v) is 12.8. The minimum Gasteiger partial charge on any atom is -0.507 e. The number of benzene rings is 1. The van der Waals surface area contributed by atoms with Crippen LogP contribution in [0.25, 0.3) is 0 Å². The van der Waals surface area contributed by atoms with Crippen molar-refractivity contribution in [2.24, 2.45) is 34.4 Å². The van der Waals surface area contributed by atoms with E-state index < -0.39 is 83.2 Å². The van der Waals surface area contributed by atoms with E-state index in [0.717, 1.165) is 13.1 Å². The molecule has 316 valence electrons. The summed E-state index contributed by atoms with van der Waals surface area (Å²) < 4.78 is 24.4. The summed E-state index contributed by atoms with van der Waals surface area (Å²) >= 11 is 0. The third-order valence-electron chi connectivity index (χ3n) is 12.8. The van der Waals surface area contributed by atoms with Gasteiger partial charge >= 0.3 is 5.97 Å². The number of phenolic OH excluding ortho intramolecular Hbond substituents is 1. The Hall–Kier alpha value is -4.54. The SMILES string of the molecule is CO[C@H]1/C=C/O[C@@]2(C)Oc3c(C)c(O)c4c(c3C2N)C2=NC3(CCN(C)CC3)NC2=C(NC(=O)/C(C)=C\C=C\[C@H](C)[C@H](O)[C@@H](C)[C@@H](O)[C@@H](C)[C@H](OC(C)=O)[C@@H]1C)C4=O. The Balaban J connectivity index is 1.50. The van der Waals surface area contributed by atoms with Gasteiger partial charge in [0.1, 0.15) is 35.0 Å². The van der Waals surface area contributed by atoms with Crippen molar-refractivity contribution in [2.75, 3.05) is 27.2 Å². The quantitative estimate of drug-likeness (QED) is 0.237. The van der Waals surface area contributed by atoms with Gasteiger partial charge in [-0.3, -0.25) is 19.4 Å². The van der Waals surface area contributed by atoms with E-state index in [1.54, 1.807) is 65.8 Å². The number of piperidine rings is 1. The van der Waals surface area contributed by atoms with Crippen molar-refractivity contribution in [3.05, 3.63) is 69.8 Å². The van der Waals surface area contributed by atoms with Gasteiger partial charge in [0.2, 0.25) is 5.78 Å². The predicted octanol–water partition coefficient (Wildman–Crippen LogP) is 3.41. The van der Waals surface area contributed by atoms with E-state index in [2.05, 4.69) is 15.5 Å². The summed E-state index contributed by atoms with van der Waals surface area (Å²) in [5, 5.41) is 41.1. The number of methoxy groups -OCH3 is 1.